The summed E-state index contributed by atoms with van der Waals surface area (Å²) in [6, 6.07) is 5.34. The van der Waals surface area contributed by atoms with Crippen LogP contribution in [-0.4, -0.2) is 35.3 Å². The molecule has 0 radical (unpaired) electrons. The Hall–Kier alpha value is -2.57. The molecule has 1 amide bonds. The number of carboxylic acids is 1. The number of hydrogen-bond donors (Lipinski definition) is 2. The Bertz CT molecular complexity index is 529. The van der Waals surface area contributed by atoms with Crippen LogP contribution in [0.25, 0.3) is 0 Å². The van der Waals surface area contributed by atoms with Crippen LogP contribution < -0.4 is 10.1 Å². The maximum Gasteiger partial charge on any atom is 0.408 e. The molecule has 0 aliphatic rings. The highest BCUT2D eigenvalue weighted by Gasteiger charge is 2.17. The van der Waals surface area contributed by atoms with Crippen LogP contribution in [0.2, 0.25) is 0 Å². The third-order valence-corrected chi connectivity index (χ3v) is 2.11. The van der Waals surface area contributed by atoms with E-state index in [1.807, 2.05) is 0 Å². The van der Waals surface area contributed by atoms with Crippen molar-refractivity contribution >= 4 is 18.0 Å². The molecule has 0 unspecified atom stereocenters. The van der Waals surface area contributed by atoms with E-state index in [0.29, 0.717) is 0 Å². The van der Waals surface area contributed by atoms with E-state index in [1.54, 1.807) is 20.8 Å². The van der Waals surface area contributed by atoms with Crippen LogP contribution >= 0.6 is 0 Å². The van der Waals surface area contributed by atoms with Crippen LogP contribution in [0.15, 0.2) is 24.3 Å². The molecule has 0 spiro atoms. The summed E-state index contributed by atoms with van der Waals surface area (Å²) >= 11 is 0. The number of carboxylic acid groups (broad SMARTS) is 1. The van der Waals surface area contributed by atoms with E-state index in [-0.39, 0.29) is 17.9 Å². The SMILES string of the molecule is CC(C)(C)OC(=O)NCC(=O)Oc1ccc(C(=O)O)cc1. The van der Waals surface area contributed by atoms with Gasteiger partial charge in [0.1, 0.15) is 17.9 Å². The van der Waals surface area contributed by atoms with Crippen molar-refractivity contribution in [3.8, 4) is 5.75 Å². The molecular formula is C14H17NO6. The second-order valence-corrected chi connectivity index (χ2v) is 5.16. The summed E-state index contributed by atoms with van der Waals surface area (Å²) < 4.78 is 9.88. The van der Waals surface area contributed by atoms with E-state index >= 15 is 0 Å². The van der Waals surface area contributed by atoms with Gasteiger partial charge in [0.25, 0.3) is 0 Å². The molecule has 0 saturated heterocycles. The van der Waals surface area contributed by atoms with Crippen molar-refractivity contribution in [3.63, 3.8) is 0 Å². The average Bonchev–Trinajstić information content (AvgIpc) is 2.35. The number of amides is 1. The van der Waals surface area contributed by atoms with E-state index in [9.17, 15) is 14.4 Å². The summed E-state index contributed by atoms with van der Waals surface area (Å²) in [7, 11) is 0. The number of nitrogens with one attached hydrogen (secondary N) is 1. The first-order valence-electron chi connectivity index (χ1n) is 6.18. The molecule has 0 atom stereocenters. The zero-order valence-electron chi connectivity index (χ0n) is 12.0. The third kappa shape index (κ3) is 6.42. The van der Waals surface area contributed by atoms with Gasteiger partial charge in [-0.25, -0.2) is 14.4 Å². The number of carbonyl (C=O) groups is 3. The Labute approximate surface area is 121 Å². The molecule has 0 saturated carbocycles. The van der Waals surface area contributed by atoms with Crippen LogP contribution in [0, 0.1) is 0 Å². The van der Waals surface area contributed by atoms with Crippen molar-refractivity contribution in [2.75, 3.05) is 6.54 Å². The largest absolute Gasteiger partial charge is 0.478 e. The molecule has 2 N–H and O–H groups in total. The van der Waals surface area contributed by atoms with Gasteiger partial charge in [0.05, 0.1) is 5.56 Å². The smallest absolute Gasteiger partial charge is 0.408 e. The zero-order valence-corrected chi connectivity index (χ0v) is 12.0. The summed E-state index contributed by atoms with van der Waals surface area (Å²) in [5, 5.41) is 11.0. The number of alkyl carbamates (subject to hydrolysis) is 1. The number of esters is 1. The first kappa shape index (κ1) is 16.5. The molecule has 0 bridgehead atoms. The van der Waals surface area contributed by atoms with Crippen LogP contribution in [0.1, 0.15) is 31.1 Å². The quantitative estimate of drug-likeness (QED) is 0.649. The molecule has 1 aromatic rings. The second-order valence-electron chi connectivity index (χ2n) is 5.16. The molecule has 1 rings (SSSR count). The molecule has 7 heteroatoms. The highest BCUT2D eigenvalue weighted by Crippen LogP contribution is 2.12. The Morgan fingerprint density at radius 2 is 1.71 bits per heavy atom. The first-order chi connectivity index (χ1) is 9.67. The van der Waals surface area contributed by atoms with Gasteiger partial charge in [0.2, 0.25) is 0 Å². The monoisotopic (exact) mass is 295 g/mol. The number of carbonyl (C=O) groups excluding carboxylic acids is 2. The van der Waals surface area contributed by atoms with Crippen LogP contribution in [-0.2, 0) is 9.53 Å². The van der Waals surface area contributed by atoms with Crippen molar-refractivity contribution < 1.29 is 29.0 Å². The van der Waals surface area contributed by atoms with Gasteiger partial charge in [-0.15, -0.1) is 0 Å². The fraction of sp³-hybridized carbons (Fsp3) is 0.357. The van der Waals surface area contributed by atoms with Crippen molar-refractivity contribution in [1.82, 2.24) is 5.32 Å². The Kier molecular flexibility index (Phi) is 5.29. The van der Waals surface area contributed by atoms with Crippen molar-refractivity contribution in [2.45, 2.75) is 26.4 Å². The van der Waals surface area contributed by atoms with E-state index in [2.05, 4.69) is 5.32 Å². The minimum atomic E-state index is -1.07. The summed E-state index contributed by atoms with van der Waals surface area (Å²) in [5.74, 6) is -1.57. The average molecular weight is 295 g/mol. The predicted octanol–water partition coefficient (Wildman–Crippen LogP) is 1.81. The van der Waals surface area contributed by atoms with E-state index in [0.717, 1.165) is 0 Å². The number of benzene rings is 1. The summed E-state index contributed by atoms with van der Waals surface area (Å²) in [4.78, 5) is 33.5. The van der Waals surface area contributed by atoms with Crippen molar-refractivity contribution in [3.05, 3.63) is 29.8 Å². The predicted molar refractivity (Wildman–Crippen MR) is 73.3 cm³/mol. The van der Waals surface area contributed by atoms with Gasteiger partial charge in [-0.2, -0.15) is 0 Å². The fourth-order valence-corrected chi connectivity index (χ4v) is 1.29. The number of hydrogen-bond acceptors (Lipinski definition) is 5. The van der Waals surface area contributed by atoms with Crippen LogP contribution in [0.3, 0.4) is 0 Å². The lowest BCUT2D eigenvalue weighted by atomic mass is 10.2. The molecule has 0 aromatic heterocycles. The molecule has 114 valence electrons. The maximum atomic E-state index is 11.5. The number of rotatable bonds is 4. The Morgan fingerprint density at radius 3 is 2.19 bits per heavy atom. The minimum absolute atomic E-state index is 0.0849. The normalized spacial score (nSPS) is 10.6. The Balaban J connectivity index is 2.43. The first-order valence-corrected chi connectivity index (χ1v) is 6.18. The lowest BCUT2D eigenvalue weighted by Crippen LogP contribution is -2.36. The lowest BCUT2D eigenvalue weighted by molar-refractivity contribution is -0.133. The summed E-state index contributed by atoms with van der Waals surface area (Å²) in [6.45, 7) is 4.76. The molecule has 7 nitrogen and oxygen atoms in total. The molecule has 21 heavy (non-hydrogen) atoms. The van der Waals surface area contributed by atoms with Crippen LogP contribution in [0.4, 0.5) is 4.79 Å². The number of ether oxygens (including phenoxy) is 2. The van der Waals surface area contributed by atoms with Gasteiger partial charge in [-0.3, -0.25) is 0 Å². The zero-order chi connectivity index (χ0) is 16.0. The summed E-state index contributed by atoms with van der Waals surface area (Å²) in [5.41, 5.74) is -0.567. The lowest BCUT2D eigenvalue weighted by Gasteiger charge is -2.19. The molecule has 1 aromatic carbocycles. The standard InChI is InChI=1S/C14H17NO6/c1-14(2,3)21-13(19)15-8-11(16)20-10-6-4-9(5-7-10)12(17)18/h4-7H,8H2,1-3H3,(H,15,19)(H,17,18). The molecule has 0 aliphatic carbocycles. The van der Waals surface area contributed by atoms with Gasteiger partial charge < -0.3 is 19.9 Å². The van der Waals surface area contributed by atoms with Crippen molar-refractivity contribution in [1.29, 1.82) is 0 Å². The number of aromatic carboxylic acids is 1. The van der Waals surface area contributed by atoms with Gasteiger partial charge >= 0.3 is 18.0 Å². The third-order valence-electron chi connectivity index (χ3n) is 2.11. The van der Waals surface area contributed by atoms with Gasteiger partial charge in [-0.05, 0) is 45.0 Å². The molecular weight excluding hydrogens is 278 g/mol. The molecule has 0 fully saturated rings. The minimum Gasteiger partial charge on any atom is -0.478 e. The fourth-order valence-electron chi connectivity index (χ4n) is 1.29. The van der Waals surface area contributed by atoms with Gasteiger partial charge in [-0.1, -0.05) is 0 Å². The van der Waals surface area contributed by atoms with E-state index in [1.165, 1.54) is 24.3 Å². The van der Waals surface area contributed by atoms with E-state index < -0.39 is 23.6 Å². The van der Waals surface area contributed by atoms with E-state index in [4.69, 9.17) is 14.6 Å². The Morgan fingerprint density at radius 1 is 1.14 bits per heavy atom. The van der Waals surface area contributed by atoms with Gasteiger partial charge in [0, 0.05) is 0 Å². The van der Waals surface area contributed by atoms with Crippen LogP contribution in [0.5, 0.6) is 5.75 Å². The topological polar surface area (TPSA) is 102 Å². The van der Waals surface area contributed by atoms with Crippen molar-refractivity contribution in [2.24, 2.45) is 0 Å². The highest BCUT2D eigenvalue weighted by atomic mass is 16.6. The second kappa shape index (κ2) is 6.74. The summed E-state index contributed by atoms with van der Waals surface area (Å²) in [6.07, 6.45) is -0.722. The molecule has 0 aliphatic heterocycles. The molecule has 0 heterocycles. The highest BCUT2D eigenvalue weighted by molar-refractivity contribution is 5.87. The maximum absolute atomic E-state index is 11.5. The van der Waals surface area contributed by atoms with Gasteiger partial charge in [0.15, 0.2) is 0 Å².